The fourth-order valence-corrected chi connectivity index (χ4v) is 2.56. The zero-order valence-corrected chi connectivity index (χ0v) is 12.2. The summed E-state index contributed by atoms with van der Waals surface area (Å²) >= 11 is 1.21. The summed E-state index contributed by atoms with van der Waals surface area (Å²) in [6.07, 6.45) is 0. The van der Waals surface area contributed by atoms with Gasteiger partial charge in [-0.3, -0.25) is 4.79 Å². The van der Waals surface area contributed by atoms with Gasteiger partial charge >= 0.3 is 0 Å². The van der Waals surface area contributed by atoms with E-state index in [1.165, 1.54) is 17.3 Å². The molecule has 1 N–H and O–H groups in total. The molecular weight excluding hydrogens is 254 g/mol. The molecule has 0 saturated carbocycles. The Hall–Kier alpha value is -1.74. The summed E-state index contributed by atoms with van der Waals surface area (Å²) in [5.41, 5.74) is 4.34. The van der Waals surface area contributed by atoms with Gasteiger partial charge in [0.1, 0.15) is 0 Å². The highest BCUT2D eigenvalue weighted by molar-refractivity contribution is 8.13. The second-order valence-corrected chi connectivity index (χ2v) is 5.75. The third kappa shape index (κ3) is 4.14. The first-order valence-electron chi connectivity index (χ1n) is 6.17. The van der Waals surface area contributed by atoms with Crippen LogP contribution in [0.2, 0.25) is 0 Å². The van der Waals surface area contributed by atoms with Crippen molar-refractivity contribution >= 4 is 22.7 Å². The van der Waals surface area contributed by atoms with Crippen molar-refractivity contribution in [3.05, 3.63) is 59.2 Å². The minimum absolute atomic E-state index is 0.0612. The minimum Gasteiger partial charge on any atom is -0.317 e. The van der Waals surface area contributed by atoms with Crippen LogP contribution in [0.3, 0.4) is 0 Å². The van der Waals surface area contributed by atoms with Crippen LogP contribution in [0, 0.1) is 20.8 Å². The second-order valence-electron chi connectivity index (χ2n) is 4.70. The SMILES string of the molecule is Cc1ccc(SC(=O)Nc2cc(C)cc(C)c2)cc1. The molecule has 98 valence electrons. The molecule has 0 radical (unpaired) electrons. The molecular formula is C16H17NOS. The topological polar surface area (TPSA) is 29.1 Å². The summed E-state index contributed by atoms with van der Waals surface area (Å²) in [4.78, 5) is 12.9. The molecule has 2 nitrogen and oxygen atoms in total. The molecule has 0 spiro atoms. The Kier molecular flexibility index (Phi) is 4.27. The molecule has 0 unspecified atom stereocenters. The average Bonchev–Trinajstić information content (AvgIpc) is 2.30. The van der Waals surface area contributed by atoms with Crippen LogP contribution in [0.1, 0.15) is 16.7 Å². The number of anilines is 1. The van der Waals surface area contributed by atoms with Crippen molar-refractivity contribution in [2.45, 2.75) is 25.7 Å². The molecule has 2 aromatic carbocycles. The van der Waals surface area contributed by atoms with Gasteiger partial charge in [-0.05, 0) is 67.9 Å². The Bertz CT molecular complexity index is 570. The normalized spacial score (nSPS) is 10.3. The molecule has 3 heteroatoms. The molecule has 2 aromatic rings. The van der Waals surface area contributed by atoms with Crippen molar-refractivity contribution in [2.75, 3.05) is 5.32 Å². The number of carbonyl (C=O) groups is 1. The first-order chi connectivity index (χ1) is 9.02. The third-order valence-electron chi connectivity index (χ3n) is 2.70. The van der Waals surface area contributed by atoms with E-state index in [4.69, 9.17) is 0 Å². The van der Waals surface area contributed by atoms with E-state index in [-0.39, 0.29) is 5.24 Å². The molecule has 0 atom stereocenters. The molecule has 0 aliphatic heterocycles. The quantitative estimate of drug-likeness (QED) is 0.784. The lowest BCUT2D eigenvalue weighted by atomic mass is 10.1. The second kappa shape index (κ2) is 5.93. The lowest BCUT2D eigenvalue weighted by Crippen LogP contribution is -2.05. The first-order valence-corrected chi connectivity index (χ1v) is 6.98. The highest BCUT2D eigenvalue weighted by Gasteiger charge is 2.05. The largest absolute Gasteiger partial charge is 0.317 e. The lowest BCUT2D eigenvalue weighted by Gasteiger charge is -2.07. The molecule has 0 aliphatic carbocycles. The smallest absolute Gasteiger partial charge is 0.288 e. The van der Waals surface area contributed by atoms with Gasteiger partial charge in [0.05, 0.1) is 0 Å². The Morgan fingerprint density at radius 2 is 1.47 bits per heavy atom. The molecule has 0 heterocycles. The van der Waals surface area contributed by atoms with Crippen molar-refractivity contribution in [1.82, 2.24) is 0 Å². The van der Waals surface area contributed by atoms with Crippen LogP contribution >= 0.6 is 11.8 Å². The average molecular weight is 271 g/mol. The lowest BCUT2D eigenvalue weighted by molar-refractivity contribution is 0.270. The molecule has 1 amide bonds. The van der Waals surface area contributed by atoms with E-state index in [1.54, 1.807) is 0 Å². The fourth-order valence-electron chi connectivity index (χ4n) is 1.90. The van der Waals surface area contributed by atoms with E-state index >= 15 is 0 Å². The van der Waals surface area contributed by atoms with Gasteiger partial charge in [-0.15, -0.1) is 0 Å². The summed E-state index contributed by atoms with van der Waals surface area (Å²) in [7, 11) is 0. The highest BCUT2D eigenvalue weighted by atomic mass is 32.2. The Morgan fingerprint density at radius 1 is 0.895 bits per heavy atom. The number of benzene rings is 2. The van der Waals surface area contributed by atoms with E-state index in [1.807, 2.05) is 57.2 Å². The van der Waals surface area contributed by atoms with Gasteiger partial charge in [-0.25, -0.2) is 0 Å². The molecule has 0 aliphatic rings. The standard InChI is InChI=1S/C16H17NOS/c1-11-4-6-15(7-5-11)19-16(18)17-14-9-12(2)8-13(3)10-14/h4-10H,1-3H3,(H,17,18). The summed E-state index contributed by atoms with van der Waals surface area (Å²) in [6, 6.07) is 14.0. The van der Waals surface area contributed by atoms with Crippen molar-refractivity contribution in [3.8, 4) is 0 Å². The maximum Gasteiger partial charge on any atom is 0.288 e. The predicted molar refractivity (Wildman–Crippen MR) is 82.0 cm³/mol. The van der Waals surface area contributed by atoms with Crippen LogP contribution in [-0.4, -0.2) is 5.24 Å². The number of thioether (sulfide) groups is 1. The summed E-state index contributed by atoms with van der Waals surface area (Å²) < 4.78 is 0. The van der Waals surface area contributed by atoms with E-state index in [9.17, 15) is 4.79 Å². The molecule has 0 bridgehead atoms. The van der Waals surface area contributed by atoms with Crippen LogP contribution in [0.15, 0.2) is 47.4 Å². The van der Waals surface area contributed by atoms with Crippen LogP contribution in [0.5, 0.6) is 0 Å². The fraction of sp³-hybridized carbons (Fsp3) is 0.188. The predicted octanol–water partition coefficient (Wildman–Crippen LogP) is 4.94. The van der Waals surface area contributed by atoms with Gasteiger partial charge in [-0.2, -0.15) is 0 Å². The van der Waals surface area contributed by atoms with Crippen LogP contribution in [0.25, 0.3) is 0 Å². The molecule has 2 rings (SSSR count). The monoisotopic (exact) mass is 271 g/mol. The number of carbonyl (C=O) groups excluding carboxylic acids is 1. The van der Waals surface area contributed by atoms with E-state index in [0.717, 1.165) is 21.7 Å². The van der Waals surface area contributed by atoms with E-state index in [2.05, 4.69) is 11.4 Å². The molecule has 0 saturated heterocycles. The summed E-state index contributed by atoms with van der Waals surface area (Å²) in [6.45, 7) is 6.08. The number of aryl methyl sites for hydroxylation is 3. The molecule has 0 fully saturated rings. The maximum atomic E-state index is 11.9. The molecule has 0 aromatic heterocycles. The maximum absolute atomic E-state index is 11.9. The van der Waals surface area contributed by atoms with Gasteiger partial charge < -0.3 is 5.32 Å². The number of hydrogen-bond donors (Lipinski definition) is 1. The van der Waals surface area contributed by atoms with Gasteiger partial charge in [0.25, 0.3) is 5.24 Å². The van der Waals surface area contributed by atoms with Crippen molar-refractivity contribution in [1.29, 1.82) is 0 Å². The van der Waals surface area contributed by atoms with Crippen molar-refractivity contribution in [3.63, 3.8) is 0 Å². The van der Waals surface area contributed by atoms with Crippen LogP contribution in [0.4, 0.5) is 10.5 Å². The van der Waals surface area contributed by atoms with Crippen molar-refractivity contribution < 1.29 is 4.79 Å². The Balaban J connectivity index is 2.03. The highest BCUT2D eigenvalue weighted by Crippen LogP contribution is 2.22. The van der Waals surface area contributed by atoms with Gasteiger partial charge in [0, 0.05) is 10.6 Å². The van der Waals surface area contributed by atoms with E-state index in [0.29, 0.717) is 0 Å². The Morgan fingerprint density at radius 3 is 2.05 bits per heavy atom. The number of nitrogens with one attached hydrogen (secondary N) is 1. The zero-order valence-electron chi connectivity index (χ0n) is 11.4. The van der Waals surface area contributed by atoms with E-state index < -0.39 is 0 Å². The minimum atomic E-state index is -0.0612. The van der Waals surface area contributed by atoms with Crippen LogP contribution < -0.4 is 5.32 Å². The summed E-state index contributed by atoms with van der Waals surface area (Å²) in [5, 5.41) is 2.85. The zero-order chi connectivity index (χ0) is 13.8. The number of rotatable bonds is 2. The summed E-state index contributed by atoms with van der Waals surface area (Å²) in [5.74, 6) is 0. The first kappa shape index (κ1) is 13.7. The van der Waals surface area contributed by atoms with Gasteiger partial charge in [0.15, 0.2) is 0 Å². The number of amides is 1. The Labute approximate surface area is 118 Å². The van der Waals surface area contributed by atoms with Gasteiger partial charge in [-0.1, -0.05) is 23.8 Å². The van der Waals surface area contributed by atoms with Crippen LogP contribution in [-0.2, 0) is 0 Å². The third-order valence-corrected chi connectivity index (χ3v) is 3.49. The van der Waals surface area contributed by atoms with Crippen molar-refractivity contribution in [2.24, 2.45) is 0 Å². The number of hydrogen-bond acceptors (Lipinski definition) is 2. The van der Waals surface area contributed by atoms with Gasteiger partial charge in [0.2, 0.25) is 0 Å². The molecule has 19 heavy (non-hydrogen) atoms.